The minimum absolute atomic E-state index is 0.569. The number of rotatable bonds is 4. The van der Waals surface area contributed by atoms with Crippen molar-refractivity contribution >= 4 is 5.69 Å². The van der Waals surface area contributed by atoms with E-state index in [-0.39, 0.29) is 0 Å². The summed E-state index contributed by atoms with van der Waals surface area (Å²) >= 11 is 0. The van der Waals surface area contributed by atoms with Crippen LogP contribution in [0.25, 0.3) is 11.1 Å². The van der Waals surface area contributed by atoms with Crippen molar-refractivity contribution in [3.63, 3.8) is 0 Å². The molecule has 0 amide bonds. The van der Waals surface area contributed by atoms with Gasteiger partial charge in [0.05, 0.1) is 11.9 Å². The highest BCUT2D eigenvalue weighted by molar-refractivity contribution is 5.71. The number of hydrogen-bond acceptors (Lipinski definition) is 3. The minimum atomic E-state index is 0.569. The number of benzene rings is 2. The summed E-state index contributed by atoms with van der Waals surface area (Å²) in [4.78, 5) is 4.16. The Morgan fingerprint density at radius 2 is 1.68 bits per heavy atom. The molecule has 0 fully saturated rings. The zero-order valence-electron chi connectivity index (χ0n) is 12.5. The van der Waals surface area contributed by atoms with Crippen LogP contribution >= 0.6 is 0 Å². The van der Waals surface area contributed by atoms with Crippen molar-refractivity contribution in [3.05, 3.63) is 78.1 Å². The second-order valence-corrected chi connectivity index (χ2v) is 5.20. The molecule has 2 aromatic carbocycles. The van der Waals surface area contributed by atoms with Gasteiger partial charge in [-0.2, -0.15) is 0 Å². The van der Waals surface area contributed by atoms with E-state index in [2.05, 4.69) is 17.1 Å². The van der Waals surface area contributed by atoms with Crippen LogP contribution in [-0.2, 0) is 6.61 Å². The van der Waals surface area contributed by atoms with Gasteiger partial charge < -0.3 is 10.5 Å². The van der Waals surface area contributed by atoms with Crippen LogP contribution in [0.1, 0.15) is 11.1 Å². The highest BCUT2D eigenvalue weighted by atomic mass is 16.5. The van der Waals surface area contributed by atoms with Gasteiger partial charge in [0.1, 0.15) is 12.4 Å². The zero-order valence-corrected chi connectivity index (χ0v) is 12.5. The number of nitrogens with two attached hydrogens (primary N) is 1. The standard InChI is InChI=1S/C19H18N2O/c1-14-18(11-21-12-19(14)20)16-7-9-17(10-8-16)22-13-15-5-3-2-4-6-15/h2-12H,13,20H2,1H3. The summed E-state index contributed by atoms with van der Waals surface area (Å²) in [6.07, 6.45) is 3.52. The lowest BCUT2D eigenvalue weighted by molar-refractivity contribution is 0.306. The zero-order chi connectivity index (χ0) is 15.4. The molecule has 0 saturated heterocycles. The number of hydrogen-bond donors (Lipinski definition) is 1. The monoisotopic (exact) mass is 290 g/mol. The predicted octanol–water partition coefficient (Wildman–Crippen LogP) is 4.22. The minimum Gasteiger partial charge on any atom is -0.489 e. The first-order chi connectivity index (χ1) is 10.7. The fourth-order valence-electron chi connectivity index (χ4n) is 2.30. The maximum Gasteiger partial charge on any atom is 0.119 e. The van der Waals surface area contributed by atoms with Crippen LogP contribution in [0.3, 0.4) is 0 Å². The van der Waals surface area contributed by atoms with Crippen LogP contribution in [0.15, 0.2) is 67.0 Å². The highest BCUT2D eigenvalue weighted by Gasteiger charge is 2.05. The van der Waals surface area contributed by atoms with Crippen molar-refractivity contribution in [2.24, 2.45) is 0 Å². The Balaban J connectivity index is 1.74. The van der Waals surface area contributed by atoms with Crippen LogP contribution in [0, 0.1) is 6.92 Å². The van der Waals surface area contributed by atoms with Gasteiger partial charge in [0, 0.05) is 11.8 Å². The molecule has 0 spiro atoms. The molecule has 3 nitrogen and oxygen atoms in total. The SMILES string of the molecule is Cc1c(N)cncc1-c1ccc(OCc2ccccc2)cc1. The van der Waals surface area contributed by atoms with E-state index >= 15 is 0 Å². The Morgan fingerprint density at radius 1 is 0.955 bits per heavy atom. The molecule has 0 saturated carbocycles. The first kappa shape index (κ1) is 14.1. The van der Waals surface area contributed by atoms with Crippen molar-refractivity contribution < 1.29 is 4.74 Å². The van der Waals surface area contributed by atoms with Crippen molar-refractivity contribution in [2.45, 2.75) is 13.5 Å². The van der Waals surface area contributed by atoms with Gasteiger partial charge in [-0.1, -0.05) is 42.5 Å². The van der Waals surface area contributed by atoms with Gasteiger partial charge in [0.15, 0.2) is 0 Å². The number of ether oxygens (including phenoxy) is 1. The topological polar surface area (TPSA) is 48.1 Å². The van der Waals surface area contributed by atoms with E-state index in [4.69, 9.17) is 10.5 Å². The van der Waals surface area contributed by atoms with E-state index in [1.807, 2.05) is 55.6 Å². The quantitative estimate of drug-likeness (QED) is 0.782. The Morgan fingerprint density at radius 3 is 2.41 bits per heavy atom. The maximum absolute atomic E-state index is 5.91. The highest BCUT2D eigenvalue weighted by Crippen LogP contribution is 2.27. The third kappa shape index (κ3) is 3.09. The number of nitrogens with zero attached hydrogens (tertiary/aromatic N) is 1. The fourth-order valence-corrected chi connectivity index (χ4v) is 2.30. The lowest BCUT2D eigenvalue weighted by atomic mass is 10.0. The summed E-state index contributed by atoms with van der Waals surface area (Å²) in [5.74, 6) is 0.849. The maximum atomic E-state index is 5.91. The molecule has 0 aliphatic rings. The molecule has 2 N–H and O–H groups in total. The van der Waals surface area contributed by atoms with Gasteiger partial charge in [-0.05, 0) is 35.7 Å². The van der Waals surface area contributed by atoms with E-state index in [0.29, 0.717) is 12.3 Å². The first-order valence-electron chi connectivity index (χ1n) is 7.21. The van der Waals surface area contributed by atoms with Crippen LogP contribution in [0.5, 0.6) is 5.75 Å². The van der Waals surface area contributed by atoms with Crippen LogP contribution in [0.2, 0.25) is 0 Å². The molecular weight excluding hydrogens is 272 g/mol. The van der Waals surface area contributed by atoms with Crippen molar-refractivity contribution in [1.29, 1.82) is 0 Å². The summed E-state index contributed by atoms with van der Waals surface area (Å²) in [6.45, 7) is 2.57. The average Bonchev–Trinajstić information content (AvgIpc) is 2.57. The van der Waals surface area contributed by atoms with Gasteiger partial charge in [0.2, 0.25) is 0 Å². The van der Waals surface area contributed by atoms with E-state index in [1.165, 1.54) is 0 Å². The van der Waals surface area contributed by atoms with Gasteiger partial charge in [-0.3, -0.25) is 4.98 Å². The van der Waals surface area contributed by atoms with Gasteiger partial charge in [-0.25, -0.2) is 0 Å². The molecule has 0 bridgehead atoms. The summed E-state index contributed by atoms with van der Waals surface area (Å²) in [5.41, 5.74) is 11.0. The van der Waals surface area contributed by atoms with Gasteiger partial charge >= 0.3 is 0 Å². The molecule has 0 radical (unpaired) electrons. The molecular formula is C19H18N2O. The Labute approximate surface area is 130 Å². The van der Waals surface area contributed by atoms with Crippen molar-refractivity contribution in [3.8, 4) is 16.9 Å². The van der Waals surface area contributed by atoms with Gasteiger partial charge in [0.25, 0.3) is 0 Å². The van der Waals surface area contributed by atoms with E-state index in [0.717, 1.165) is 28.0 Å². The summed E-state index contributed by atoms with van der Waals surface area (Å²) in [7, 11) is 0. The third-order valence-electron chi connectivity index (χ3n) is 3.67. The lowest BCUT2D eigenvalue weighted by Gasteiger charge is -2.10. The van der Waals surface area contributed by atoms with Crippen LogP contribution < -0.4 is 10.5 Å². The molecule has 0 aliphatic heterocycles. The van der Waals surface area contributed by atoms with E-state index in [1.54, 1.807) is 6.20 Å². The number of nitrogen functional groups attached to an aromatic ring is 1. The van der Waals surface area contributed by atoms with Crippen LogP contribution in [-0.4, -0.2) is 4.98 Å². The molecule has 0 aliphatic carbocycles. The molecule has 1 heterocycles. The Kier molecular flexibility index (Phi) is 4.05. The molecule has 0 atom stereocenters. The normalized spacial score (nSPS) is 10.4. The van der Waals surface area contributed by atoms with Gasteiger partial charge in [-0.15, -0.1) is 0 Å². The second-order valence-electron chi connectivity index (χ2n) is 5.20. The largest absolute Gasteiger partial charge is 0.489 e. The van der Waals surface area contributed by atoms with E-state index in [9.17, 15) is 0 Å². The molecule has 3 heteroatoms. The Bertz CT molecular complexity index is 752. The molecule has 0 unspecified atom stereocenters. The van der Waals surface area contributed by atoms with Crippen LogP contribution in [0.4, 0.5) is 5.69 Å². The van der Waals surface area contributed by atoms with E-state index < -0.39 is 0 Å². The number of pyridine rings is 1. The van der Waals surface area contributed by atoms with Crippen molar-refractivity contribution in [1.82, 2.24) is 4.98 Å². The summed E-state index contributed by atoms with van der Waals surface area (Å²) < 4.78 is 5.80. The first-order valence-corrected chi connectivity index (χ1v) is 7.21. The smallest absolute Gasteiger partial charge is 0.119 e. The molecule has 3 aromatic rings. The number of anilines is 1. The molecule has 1 aromatic heterocycles. The average molecular weight is 290 g/mol. The Hall–Kier alpha value is -2.81. The second kappa shape index (κ2) is 6.31. The molecule has 3 rings (SSSR count). The molecule has 110 valence electrons. The fraction of sp³-hybridized carbons (Fsp3) is 0.105. The van der Waals surface area contributed by atoms with Crippen molar-refractivity contribution in [2.75, 3.05) is 5.73 Å². The number of aromatic nitrogens is 1. The third-order valence-corrected chi connectivity index (χ3v) is 3.67. The predicted molar refractivity (Wildman–Crippen MR) is 89.6 cm³/mol. The summed E-state index contributed by atoms with van der Waals surface area (Å²) in [6, 6.07) is 18.1. The lowest BCUT2D eigenvalue weighted by Crippen LogP contribution is -1.96. The summed E-state index contributed by atoms with van der Waals surface area (Å²) in [5, 5.41) is 0. The molecule has 22 heavy (non-hydrogen) atoms.